The van der Waals surface area contributed by atoms with E-state index in [4.69, 9.17) is 23.2 Å². The molecular formula is C13H11Cl2F3O3. The molecule has 0 bridgehead atoms. The molecule has 0 amide bonds. The fourth-order valence-electron chi connectivity index (χ4n) is 1.63. The van der Waals surface area contributed by atoms with E-state index in [0.717, 1.165) is 0 Å². The summed E-state index contributed by atoms with van der Waals surface area (Å²) in [6.45, 7) is 1.31. The predicted molar refractivity (Wildman–Crippen MR) is 71.4 cm³/mol. The van der Waals surface area contributed by atoms with Crippen LogP contribution in [0, 0.1) is 5.92 Å². The van der Waals surface area contributed by atoms with Crippen molar-refractivity contribution in [2.45, 2.75) is 19.5 Å². The van der Waals surface area contributed by atoms with Crippen LogP contribution < -0.4 is 0 Å². The van der Waals surface area contributed by atoms with Gasteiger partial charge in [0, 0.05) is 0 Å². The van der Waals surface area contributed by atoms with E-state index < -0.39 is 30.3 Å². The summed E-state index contributed by atoms with van der Waals surface area (Å²) in [5.74, 6) is -5.32. The number of hydrogen-bond acceptors (Lipinski definition) is 3. The number of carbonyl (C=O) groups is 2. The molecule has 21 heavy (non-hydrogen) atoms. The fraction of sp³-hybridized carbons (Fsp3) is 0.385. The minimum atomic E-state index is -5.12. The topological polar surface area (TPSA) is 43.4 Å². The molecule has 0 N–H and O–H groups in total. The molecule has 0 aliphatic carbocycles. The Morgan fingerprint density at radius 2 is 1.86 bits per heavy atom. The zero-order valence-electron chi connectivity index (χ0n) is 10.8. The third-order valence-corrected chi connectivity index (χ3v) is 3.33. The van der Waals surface area contributed by atoms with Crippen LogP contribution in [-0.2, 0) is 20.7 Å². The SMILES string of the molecule is CCOC(=O)[C@H](Cc1ccc(Cl)c(Cl)c1)C(=O)C(F)(F)F. The molecule has 0 aliphatic heterocycles. The standard InChI is InChI=1S/C13H11Cl2F3O3/c1-2-21-12(20)8(11(19)13(16,17)18)5-7-3-4-9(14)10(15)6-7/h3-4,6,8H,2,5H2,1H3/t8-/m1/s1. The van der Waals surface area contributed by atoms with Gasteiger partial charge in [-0.1, -0.05) is 29.3 Å². The summed E-state index contributed by atoms with van der Waals surface area (Å²) in [6, 6.07) is 4.07. The van der Waals surface area contributed by atoms with Gasteiger partial charge in [-0.3, -0.25) is 9.59 Å². The first kappa shape index (κ1) is 17.8. The summed E-state index contributed by atoms with van der Waals surface area (Å²) in [5.41, 5.74) is 0.278. The van der Waals surface area contributed by atoms with Gasteiger partial charge < -0.3 is 4.74 Å². The Morgan fingerprint density at radius 1 is 1.24 bits per heavy atom. The maximum Gasteiger partial charge on any atom is 0.450 e. The van der Waals surface area contributed by atoms with Crippen molar-refractivity contribution in [3.05, 3.63) is 33.8 Å². The lowest BCUT2D eigenvalue weighted by molar-refractivity contribution is -0.180. The van der Waals surface area contributed by atoms with Crippen molar-refractivity contribution in [1.29, 1.82) is 0 Å². The molecule has 0 fully saturated rings. The summed E-state index contributed by atoms with van der Waals surface area (Å²) < 4.78 is 42.2. The highest BCUT2D eigenvalue weighted by molar-refractivity contribution is 6.42. The normalized spacial score (nSPS) is 12.9. The van der Waals surface area contributed by atoms with E-state index in [1.54, 1.807) is 0 Å². The molecule has 0 saturated heterocycles. The maximum atomic E-state index is 12.5. The number of hydrogen-bond donors (Lipinski definition) is 0. The Kier molecular flexibility index (Phi) is 6.04. The summed E-state index contributed by atoms with van der Waals surface area (Å²) in [7, 11) is 0. The fourth-order valence-corrected chi connectivity index (χ4v) is 1.95. The number of benzene rings is 1. The van der Waals surface area contributed by atoms with Crippen molar-refractivity contribution in [2.24, 2.45) is 5.92 Å². The molecule has 0 saturated carbocycles. The zero-order valence-corrected chi connectivity index (χ0v) is 12.4. The number of carbonyl (C=O) groups excluding carboxylic acids is 2. The second-order valence-electron chi connectivity index (χ2n) is 4.12. The smallest absolute Gasteiger partial charge is 0.450 e. The lowest BCUT2D eigenvalue weighted by Gasteiger charge is -2.16. The van der Waals surface area contributed by atoms with Crippen LogP contribution in [0.2, 0.25) is 10.0 Å². The molecule has 1 rings (SSSR count). The van der Waals surface area contributed by atoms with Crippen molar-refractivity contribution in [1.82, 2.24) is 0 Å². The second kappa shape index (κ2) is 7.13. The molecule has 8 heteroatoms. The molecule has 116 valence electrons. The van der Waals surface area contributed by atoms with Crippen LogP contribution in [-0.4, -0.2) is 24.5 Å². The molecule has 1 atom stereocenters. The van der Waals surface area contributed by atoms with Crippen LogP contribution in [0.25, 0.3) is 0 Å². The summed E-state index contributed by atoms with van der Waals surface area (Å²) in [4.78, 5) is 22.9. The zero-order chi connectivity index (χ0) is 16.2. The van der Waals surface area contributed by atoms with Crippen molar-refractivity contribution >= 4 is 35.0 Å². The first-order chi connectivity index (χ1) is 9.66. The molecular weight excluding hydrogens is 332 g/mol. The summed E-state index contributed by atoms with van der Waals surface area (Å²) in [6.07, 6.45) is -5.58. The second-order valence-corrected chi connectivity index (χ2v) is 4.93. The molecule has 3 nitrogen and oxygen atoms in total. The first-order valence-corrected chi connectivity index (χ1v) is 6.64. The van der Waals surface area contributed by atoms with Gasteiger partial charge in [-0.2, -0.15) is 13.2 Å². The Morgan fingerprint density at radius 3 is 2.33 bits per heavy atom. The predicted octanol–water partition coefficient (Wildman–Crippen LogP) is 3.85. The molecule has 0 spiro atoms. The van der Waals surface area contributed by atoms with Gasteiger partial charge in [0.15, 0.2) is 0 Å². The van der Waals surface area contributed by atoms with E-state index in [9.17, 15) is 22.8 Å². The van der Waals surface area contributed by atoms with Crippen molar-refractivity contribution in [3.63, 3.8) is 0 Å². The molecule has 0 aromatic heterocycles. The maximum absolute atomic E-state index is 12.5. The first-order valence-electron chi connectivity index (χ1n) is 5.88. The van der Waals surface area contributed by atoms with Gasteiger partial charge in [0.1, 0.15) is 5.92 Å². The molecule has 0 unspecified atom stereocenters. The Balaban J connectivity index is 3.04. The molecule has 0 aliphatic rings. The largest absolute Gasteiger partial charge is 0.465 e. The molecule has 1 aromatic carbocycles. The number of Topliss-reactive ketones (excluding diaryl/α,β-unsaturated/α-hetero) is 1. The van der Waals surface area contributed by atoms with Crippen LogP contribution in [0.15, 0.2) is 18.2 Å². The highest BCUT2D eigenvalue weighted by Crippen LogP contribution is 2.27. The molecule has 0 radical (unpaired) electrons. The third kappa shape index (κ3) is 4.89. The Hall–Kier alpha value is -1.27. The quantitative estimate of drug-likeness (QED) is 0.603. The highest BCUT2D eigenvalue weighted by Gasteiger charge is 2.46. The number of rotatable bonds is 5. The minimum absolute atomic E-state index is 0.122. The van der Waals surface area contributed by atoms with E-state index in [1.807, 2.05) is 0 Å². The van der Waals surface area contributed by atoms with E-state index in [-0.39, 0.29) is 22.2 Å². The molecule has 1 aromatic rings. The monoisotopic (exact) mass is 342 g/mol. The van der Waals surface area contributed by atoms with Crippen molar-refractivity contribution in [2.75, 3.05) is 6.61 Å². The van der Waals surface area contributed by atoms with Crippen LogP contribution in [0.1, 0.15) is 12.5 Å². The van der Waals surface area contributed by atoms with Crippen LogP contribution in [0.3, 0.4) is 0 Å². The van der Waals surface area contributed by atoms with Crippen LogP contribution >= 0.6 is 23.2 Å². The van der Waals surface area contributed by atoms with Gasteiger partial charge in [-0.25, -0.2) is 0 Å². The number of halogens is 5. The minimum Gasteiger partial charge on any atom is -0.465 e. The van der Waals surface area contributed by atoms with Crippen molar-refractivity contribution < 1.29 is 27.5 Å². The van der Waals surface area contributed by atoms with E-state index >= 15 is 0 Å². The van der Waals surface area contributed by atoms with Crippen molar-refractivity contribution in [3.8, 4) is 0 Å². The number of alkyl halides is 3. The van der Waals surface area contributed by atoms with E-state index in [1.165, 1.54) is 25.1 Å². The number of esters is 1. The lowest BCUT2D eigenvalue weighted by atomic mass is 9.95. The average molecular weight is 343 g/mol. The van der Waals surface area contributed by atoms with Gasteiger partial charge in [-0.15, -0.1) is 0 Å². The van der Waals surface area contributed by atoms with Gasteiger partial charge >= 0.3 is 12.1 Å². The van der Waals surface area contributed by atoms with Crippen LogP contribution in [0.5, 0.6) is 0 Å². The summed E-state index contributed by atoms with van der Waals surface area (Å²) >= 11 is 11.4. The molecule has 0 heterocycles. The Bertz CT molecular complexity index is 544. The Labute approximate surface area is 129 Å². The summed E-state index contributed by atoms with van der Waals surface area (Å²) in [5, 5.41) is 0.339. The highest BCUT2D eigenvalue weighted by atomic mass is 35.5. The third-order valence-electron chi connectivity index (χ3n) is 2.59. The van der Waals surface area contributed by atoms with Gasteiger partial charge in [-0.05, 0) is 31.0 Å². The number of ketones is 1. The van der Waals surface area contributed by atoms with Crippen LogP contribution in [0.4, 0.5) is 13.2 Å². The van der Waals surface area contributed by atoms with Gasteiger partial charge in [0.2, 0.25) is 0 Å². The van der Waals surface area contributed by atoms with E-state index in [2.05, 4.69) is 4.74 Å². The average Bonchev–Trinajstić information content (AvgIpc) is 2.38. The van der Waals surface area contributed by atoms with Gasteiger partial charge in [0.05, 0.1) is 16.7 Å². The number of ether oxygens (including phenoxy) is 1. The lowest BCUT2D eigenvalue weighted by Crippen LogP contribution is -2.37. The van der Waals surface area contributed by atoms with Gasteiger partial charge in [0.25, 0.3) is 5.78 Å². The van der Waals surface area contributed by atoms with E-state index in [0.29, 0.717) is 0 Å².